The third kappa shape index (κ3) is 3.50. The number of aryl methyl sites for hydroxylation is 2. The summed E-state index contributed by atoms with van der Waals surface area (Å²) >= 11 is 0. The van der Waals surface area contributed by atoms with E-state index in [0.29, 0.717) is 0 Å². The standard InChI is InChI=1S/C19H21NO3/c1-4-9-20-16(22)11-14-10-15(21)18(19(14)23)17-12(3)7-6-8-13(17)5-2/h1,6-8,14,18H,5,9-11H2,2-3H3,(H,20,22). The van der Waals surface area contributed by atoms with Gasteiger partial charge in [-0.15, -0.1) is 6.42 Å². The van der Waals surface area contributed by atoms with Crippen LogP contribution in [0.4, 0.5) is 0 Å². The smallest absolute Gasteiger partial charge is 0.221 e. The molecule has 2 rings (SSSR count). The van der Waals surface area contributed by atoms with E-state index in [9.17, 15) is 14.4 Å². The molecule has 4 heteroatoms. The van der Waals surface area contributed by atoms with Crippen molar-refractivity contribution in [1.29, 1.82) is 0 Å². The lowest BCUT2D eigenvalue weighted by Gasteiger charge is -2.16. The molecule has 0 heterocycles. The minimum atomic E-state index is -0.725. The van der Waals surface area contributed by atoms with E-state index in [2.05, 4.69) is 11.2 Å². The lowest BCUT2D eigenvalue weighted by atomic mass is 9.86. The fourth-order valence-electron chi connectivity index (χ4n) is 3.24. The fraction of sp³-hybridized carbons (Fsp3) is 0.421. The Hall–Kier alpha value is -2.41. The zero-order valence-electron chi connectivity index (χ0n) is 13.5. The largest absolute Gasteiger partial charge is 0.345 e. The number of hydrogen-bond acceptors (Lipinski definition) is 3. The van der Waals surface area contributed by atoms with E-state index in [4.69, 9.17) is 6.42 Å². The number of carbonyl (C=O) groups is 3. The first-order valence-electron chi connectivity index (χ1n) is 7.84. The Balaban J connectivity index is 2.23. The topological polar surface area (TPSA) is 63.2 Å². The third-order valence-corrected chi connectivity index (χ3v) is 4.36. The average Bonchev–Trinajstić information content (AvgIpc) is 2.79. The Bertz CT molecular complexity index is 684. The molecule has 1 aliphatic carbocycles. The van der Waals surface area contributed by atoms with E-state index < -0.39 is 11.8 Å². The van der Waals surface area contributed by atoms with E-state index in [0.717, 1.165) is 23.1 Å². The first-order valence-corrected chi connectivity index (χ1v) is 7.84. The van der Waals surface area contributed by atoms with Gasteiger partial charge in [0.1, 0.15) is 11.7 Å². The Labute approximate surface area is 136 Å². The molecule has 4 nitrogen and oxygen atoms in total. The van der Waals surface area contributed by atoms with Gasteiger partial charge in [0, 0.05) is 18.8 Å². The molecule has 0 bridgehead atoms. The first kappa shape index (κ1) is 17.0. The Morgan fingerprint density at radius 3 is 2.78 bits per heavy atom. The van der Waals surface area contributed by atoms with Crippen LogP contribution in [-0.4, -0.2) is 24.0 Å². The van der Waals surface area contributed by atoms with E-state index in [-0.39, 0.29) is 36.9 Å². The SMILES string of the molecule is C#CCNC(=O)CC1CC(=O)C(c2c(C)cccc2CC)C1=O. The van der Waals surface area contributed by atoms with Crippen molar-refractivity contribution in [3.63, 3.8) is 0 Å². The number of terminal acetylenes is 1. The summed E-state index contributed by atoms with van der Waals surface area (Å²) < 4.78 is 0. The molecule has 120 valence electrons. The van der Waals surface area contributed by atoms with Crippen LogP contribution in [0.5, 0.6) is 0 Å². The molecule has 1 fully saturated rings. The molecule has 1 aromatic rings. The second-order valence-electron chi connectivity index (χ2n) is 5.89. The van der Waals surface area contributed by atoms with Crippen molar-refractivity contribution in [3.05, 3.63) is 34.9 Å². The zero-order chi connectivity index (χ0) is 17.0. The van der Waals surface area contributed by atoms with Gasteiger partial charge in [-0.1, -0.05) is 31.0 Å². The van der Waals surface area contributed by atoms with Gasteiger partial charge in [-0.3, -0.25) is 14.4 Å². The summed E-state index contributed by atoms with van der Waals surface area (Å²) in [5.41, 5.74) is 2.80. The van der Waals surface area contributed by atoms with E-state index in [1.54, 1.807) is 0 Å². The number of hydrogen-bond donors (Lipinski definition) is 1. The minimum Gasteiger partial charge on any atom is -0.345 e. The van der Waals surface area contributed by atoms with Gasteiger partial charge in [0.05, 0.1) is 6.54 Å². The van der Waals surface area contributed by atoms with Crippen molar-refractivity contribution in [1.82, 2.24) is 5.32 Å². The van der Waals surface area contributed by atoms with Crippen molar-refractivity contribution < 1.29 is 14.4 Å². The lowest BCUT2D eigenvalue weighted by Crippen LogP contribution is -2.27. The van der Waals surface area contributed by atoms with Crippen LogP contribution in [0, 0.1) is 25.2 Å². The molecular weight excluding hydrogens is 290 g/mol. The van der Waals surface area contributed by atoms with E-state index >= 15 is 0 Å². The highest BCUT2D eigenvalue weighted by atomic mass is 16.2. The molecule has 23 heavy (non-hydrogen) atoms. The zero-order valence-corrected chi connectivity index (χ0v) is 13.5. The van der Waals surface area contributed by atoms with Crippen LogP contribution in [0.3, 0.4) is 0 Å². The highest BCUT2D eigenvalue weighted by molar-refractivity contribution is 6.15. The molecule has 1 aliphatic rings. The number of nitrogens with one attached hydrogen (secondary N) is 1. The van der Waals surface area contributed by atoms with Gasteiger partial charge >= 0.3 is 0 Å². The van der Waals surface area contributed by atoms with Gasteiger partial charge < -0.3 is 5.32 Å². The summed E-state index contributed by atoms with van der Waals surface area (Å²) in [5, 5.41) is 2.54. The second kappa shape index (κ2) is 7.23. The van der Waals surface area contributed by atoms with Gasteiger partial charge in [-0.2, -0.15) is 0 Å². The van der Waals surface area contributed by atoms with Crippen molar-refractivity contribution >= 4 is 17.5 Å². The Morgan fingerprint density at radius 2 is 2.13 bits per heavy atom. The fourth-order valence-corrected chi connectivity index (χ4v) is 3.24. The predicted molar refractivity (Wildman–Crippen MR) is 87.9 cm³/mol. The van der Waals surface area contributed by atoms with Crippen LogP contribution in [-0.2, 0) is 20.8 Å². The number of amides is 1. The molecule has 1 saturated carbocycles. The van der Waals surface area contributed by atoms with Crippen molar-refractivity contribution in [2.75, 3.05) is 6.54 Å². The molecule has 1 amide bonds. The number of Topliss-reactive ketones (excluding diaryl/α,β-unsaturated/α-hetero) is 2. The summed E-state index contributed by atoms with van der Waals surface area (Å²) in [6.45, 7) is 4.06. The van der Waals surface area contributed by atoms with Crippen molar-refractivity contribution in [2.45, 2.75) is 39.0 Å². The summed E-state index contributed by atoms with van der Waals surface area (Å²) in [5.74, 6) is 0.530. The summed E-state index contributed by atoms with van der Waals surface area (Å²) in [6.07, 6.45) is 6.01. The van der Waals surface area contributed by atoms with Crippen LogP contribution in [0.1, 0.15) is 42.4 Å². The van der Waals surface area contributed by atoms with Crippen LogP contribution < -0.4 is 5.32 Å². The molecule has 1 N–H and O–H groups in total. The summed E-state index contributed by atoms with van der Waals surface area (Å²) in [7, 11) is 0. The highest BCUT2D eigenvalue weighted by Crippen LogP contribution is 2.37. The lowest BCUT2D eigenvalue weighted by molar-refractivity contribution is -0.128. The van der Waals surface area contributed by atoms with Crippen LogP contribution in [0.15, 0.2) is 18.2 Å². The first-order chi connectivity index (χ1) is 11.0. The van der Waals surface area contributed by atoms with Crippen LogP contribution in [0.2, 0.25) is 0 Å². The van der Waals surface area contributed by atoms with E-state index in [1.165, 1.54) is 0 Å². The molecule has 0 spiro atoms. The molecule has 2 atom stereocenters. The van der Waals surface area contributed by atoms with Gasteiger partial charge in [0.15, 0.2) is 5.78 Å². The second-order valence-corrected chi connectivity index (χ2v) is 5.89. The molecule has 0 saturated heterocycles. The highest BCUT2D eigenvalue weighted by Gasteiger charge is 2.43. The van der Waals surface area contributed by atoms with Gasteiger partial charge in [0.25, 0.3) is 0 Å². The molecule has 0 aromatic heterocycles. The average molecular weight is 311 g/mol. The van der Waals surface area contributed by atoms with Gasteiger partial charge in [-0.25, -0.2) is 0 Å². The Morgan fingerprint density at radius 1 is 1.39 bits per heavy atom. The molecule has 1 aromatic carbocycles. The van der Waals surface area contributed by atoms with Gasteiger partial charge in [-0.05, 0) is 30.0 Å². The quantitative estimate of drug-likeness (QED) is 0.667. The number of benzene rings is 1. The maximum Gasteiger partial charge on any atom is 0.221 e. The van der Waals surface area contributed by atoms with Gasteiger partial charge in [0.2, 0.25) is 5.91 Å². The van der Waals surface area contributed by atoms with Crippen LogP contribution in [0.25, 0.3) is 0 Å². The molecule has 2 unspecified atom stereocenters. The summed E-state index contributed by atoms with van der Waals surface area (Å²) in [4.78, 5) is 36.9. The van der Waals surface area contributed by atoms with Crippen molar-refractivity contribution in [3.8, 4) is 12.3 Å². The summed E-state index contributed by atoms with van der Waals surface area (Å²) in [6, 6.07) is 5.81. The Kier molecular flexibility index (Phi) is 5.33. The molecular formula is C19H21NO3. The number of rotatable bonds is 5. The molecule has 0 aliphatic heterocycles. The van der Waals surface area contributed by atoms with Crippen molar-refractivity contribution in [2.24, 2.45) is 5.92 Å². The van der Waals surface area contributed by atoms with Crippen LogP contribution >= 0.6 is 0 Å². The number of carbonyl (C=O) groups excluding carboxylic acids is 3. The maximum absolute atomic E-state index is 12.7. The predicted octanol–water partition coefficient (Wildman–Crippen LogP) is 1.94. The minimum absolute atomic E-state index is 0.0239. The third-order valence-electron chi connectivity index (χ3n) is 4.36. The normalized spacial score (nSPS) is 20.4. The van der Waals surface area contributed by atoms with E-state index in [1.807, 2.05) is 32.0 Å². The molecule has 0 radical (unpaired) electrons. The maximum atomic E-state index is 12.7. The monoisotopic (exact) mass is 311 g/mol. The number of ketones is 2.